The number of aromatic nitrogens is 3. The van der Waals surface area contributed by atoms with Gasteiger partial charge < -0.3 is 14.8 Å². The second kappa shape index (κ2) is 9.15. The summed E-state index contributed by atoms with van der Waals surface area (Å²) in [7, 11) is 0. The van der Waals surface area contributed by atoms with Crippen LogP contribution in [0.25, 0.3) is 16.6 Å². The number of likely N-dealkylation sites (tertiary alicyclic amines) is 1. The molecule has 0 atom stereocenters. The molecule has 1 fully saturated rings. The van der Waals surface area contributed by atoms with E-state index in [1.54, 1.807) is 51.7 Å². The van der Waals surface area contributed by atoms with Gasteiger partial charge in [0.1, 0.15) is 11.3 Å². The molecular formula is C25H26FN5O2. The molecule has 1 aliphatic rings. The zero-order valence-corrected chi connectivity index (χ0v) is 18.3. The highest BCUT2D eigenvalue weighted by molar-refractivity contribution is 5.97. The molecule has 1 amide bonds. The molecule has 33 heavy (non-hydrogen) atoms. The number of fused-ring (bicyclic) bond motifs is 3. The number of halogens is 1. The van der Waals surface area contributed by atoms with Gasteiger partial charge in [-0.25, -0.2) is 8.91 Å². The monoisotopic (exact) mass is 447 g/mol. The first-order valence-electron chi connectivity index (χ1n) is 11.4. The third-order valence-electron chi connectivity index (χ3n) is 6.26. The number of carbonyl (C=O) groups is 1. The van der Waals surface area contributed by atoms with Crippen molar-refractivity contribution in [3.63, 3.8) is 0 Å². The summed E-state index contributed by atoms with van der Waals surface area (Å²) in [5.41, 5.74) is 2.60. The zero-order valence-electron chi connectivity index (χ0n) is 18.3. The topological polar surface area (TPSA) is 71.6 Å². The second-order valence-electron chi connectivity index (χ2n) is 8.51. The van der Waals surface area contributed by atoms with E-state index in [1.165, 1.54) is 31.4 Å². The predicted molar refractivity (Wildman–Crippen MR) is 125 cm³/mol. The maximum Gasteiger partial charge on any atom is 0.277 e. The number of nitrogens with one attached hydrogen (secondary N) is 1. The van der Waals surface area contributed by atoms with Crippen molar-refractivity contribution in [2.45, 2.75) is 25.8 Å². The van der Waals surface area contributed by atoms with Crippen LogP contribution in [0.1, 0.15) is 35.2 Å². The average Bonchev–Trinajstić information content (AvgIpc) is 3.32. The predicted octanol–water partition coefficient (Wildman–Crippen LogP) is 3.05. The van der Waals surface area contributed by atoms with Gasteiger partial charge in [0.25, 0.3) is 11.5 Å². The van der Waals surface area contributed by atoms with Gasteiger partial charge in [0.2, 0.25) is 0 Å². The Morgan fingerprint density at radius 3 is 2.67 bits per heavy atom. The summed E-state index contributed by atoms with van der Waals surface area (Å²) in [6.07, 6.45) is 5.28. The van der Waals surface area contributed by atoms with Crippen molar-refractivity contribution >= 4 is 22.5 Å². The molecule has 2 aromatic carbocycles. The molecule has 0 spiro atoms. The van der Waals surface area contributed by atoms with Gasteiger partial charge in [-0.1, -0.05) is 18.6 Å². The van der Waals surface area contributed by atoms with Crippen molar-refractivity contribution in [1.29, 1.82) is 0 Å². The number of nitrogens with zero attached hydrogens (tertiary/aromatic N) is 4. The van der Waals surface area contributed by atoms with Crippen LogP contribution in [0.2, 0.25) is 0 Å². The van der Waals surface area contributed by atoms with Crippen molar-refractivity contribution in [2.75, 3.05) is 26.2 Å². The number of hydrogen-bond donors (Lipinski definition) is 1. The molecule has 0 unspecified atom stereocenters. The molecule has 2 aromatic heterocycles. The Morgan fingerprint density at radius 2 is 1.85 bits per heavy atom. The highest BCUT2D eigenvalue weighted by Gasteiger charge is 2.16. The van der Waals surface area contributed by atoms with E-state index in [4.69, 9.17) is 0 Å². The molecule has 8 heteroatoms. The number of amides is 1. The third kappa shape index (κ3) is 4.39. The van der Waals surface area contributed by atoms with E-state index in [-0.39, 0.29) is 23.8 Å². The second-order valence-corrected chi connectivity index (χ2v) is 8.51. The van der Waals surface area contributed by atoms with E-state index in [2.05, 4.69) is 15.3 Å². The van der Waals surface area contributed by atoms with E-state index in [1.807, 2.05) is 0 Å². The van der Waals surface area contributed by atoms with Gasteiger partial charge in [-0.2, -0.15) is 5.10 Å². The summed E-state index contributed by atoms with van der Waals surface area (Å²) in [6.45, 7) is 3.76. The van der Waals surface area contributed by atoms with Gasteiger partial charge in [-0.15, -0.1) is 0 Å². The zero-order chi connectivity index (χ0) is 22.8. The van der Waals surface area contributed by atoms with E-state index < -0.39 is 0 Å². The summed E-state index contributed by atoms with van der Waals surface area (Å²) in [6, 6.07) is 13.1. The molecule has 4 aromatic rings. The molecule has 0 saturated carbocycles. The van der Waals surface area contributed by atoms with Crippen molar-refractivity contribution in [3.8, 4) is 0 Å². The van der Waals surface area contributed by atoms with Crippen LogP contribution in [-0.4, -0.2) is 51.2 Å². The normalized spacial score (nSPS) is 14.7. The summed E-state index contributed by atoms with van der Waals surface area (Å²) in [5, 5.41) is 7.28. The average molecular weight is 448 g/mol. The third-order valence-corrected chi connectivity index (χ3v) is 6.26. The largest absolute Gasteiger partial charge is 0.351 e. The van der Waals surface area contributed by atoms with Gasteiger partial charge in [-0.05, 0) is 67.9 Å². The van der Waals surface area contributed by atoms with Crippen molar-refractivity contribution in [2.24, 2.45) is 0 Å². The fraction of sp³-hybridized carbons (Fsp3) is 0.320. The van der Waals surface area contributed by atoms with Gasteiger partial charge >= 0.3 is 0 Å². The van der Waals surface area contributed by atoms with Gasteiger partial charge in [0, 0.05) is 18.7 Å². The first kappa shape index (κ1) is 21.3. The Hall–Kier alpha value is -3.52. The van der Waals surface area contributed by atoms with E-state index in [0.717, 1.165) is 19.6 Å². The quantitative estimate of drug-likeness (QED) is 0.493. The van der Waals surface area contributed by atoms with Crippen LogP contribution in [0.3, 0.4) is 0 Å². The molecule has 170 valence electrons. The molecular weight excluding hydrogens is 421 g/mol. The van der Waals surface area contributed by atoms with Crippen LogP contribution in [0, 0.1) is 5.82 Å². The lowest BCUT2D eigenvalue weighted by Gasteiger charge is -2.26. The maximum absolute atomic E-state index is 13.8. The maximum atomic E-state index is 13.8. The van der Waals surface area contributed by atoms with Crippen LogP contribution >= 0.6 is 0 Å². The fourth-order valence-electron chi connectivity index (χ4n) is 4.55. The Kier molecular flexibility index (Phi) is 5.92. The minimum Gasteiger partial charge on any atom is -0.351 e. The molecule has 1 aliphatic heterocycles. The lowest BCUT2D eigenvalue weighted by atomic mass is 10.1. The smallest absolute Gasteiger partial charge is 0.277 e. The van der Waals surface area contributed by atoms with Crippen LogP contribution < -0.4 is 10.9 Å². The lowest BCUT2D eigenvalue weighted by molar-refractivity contribution is 0.0946. The molecule has 1 N–H and O–H groups in total. The highest BCUT2D eigenvalue weighted by Crippen LogP contribution is 2.18. The first-order valence-corrected chi connectivity index (χ1v) is 11.4. The number of piperidine rings is 1. The van der Waals surface area contributed by atoms with Crippen molar-refractivity contribution in [3.05, 3.63) is 82.0 Å². The Bertz CT molecular complexity index is 1370. The molecule has 1 saturated heterocycles. The molecule has 0 bridgehead atoms. The number of hydrogen-bond acceptors (Lipinski definition) is 4. The fourth-order valence-corrected chi connectivity index (χ4v) is 4.55. The van der Waals surface area contributed by atoms with Crippen LogP contribution in [0.4, 0.5) is 4.39 Å². The minimum absolute atomic E-state index is 0.181. The molecule has 0 aliphatic carbocycles. The number of carbonyl (C=O) groups excluding carboxylic acids is 1. The highest BCUT2D eigenvalue weighted by atomic mass is 19.1. The van der Waals surface area contributed by atoms with Crippen molar-refractivity contribution < 1.29 is 9.18 Å². The summed E-state index contributed by atoms with van der Waals surface area (Å²) in [4.78, 5) is 28.4. The molecule has 3 heterocycles. The standard InChI is InChI=1S/C25H26FN5O2/c26-20-6-4-5-18(15-20)17-30-23-16-19(24(32)27-11-14-29-12-2-1-3-13-29)7-8-21(23)31-22(25(30)33)9-10-28-31/h4-10,15-16H,1-3,11-14,17H2,(H,27,32). The lowest BCUT2D eigenvalue weighted by Crippen LogP contribution is -2.37. The van der Waals surface area contributed by atoms with E-state index in [9.17, 15) is 14.0 Å². The summed E-state index contributed by atoms with van der Waals surface area (Å²) >= 11 is 0. The molecule has 7 nitrogen and oxygen atoms in total. The Labute approximate surface area is 190 Å². The molecule has 0 radical (unpaired) electrons. The Balaban J connectivity index is 1.47. The SMILES string of the molecule is O=C(NCCN1CCCCC1)c1ccc2c(c1)n(Cc1cccc(F)c1)c(=O)c1ccnn12. The number of benzene rings is 2. The number of rotatable bonds is 6. The van der Waals surface area contributed by atoms with E-state index in [0.29, 0.717) is 34.2 Å². The van der Waals surface area contributed by atoms with Crippen LogP contribution in [0.15, 0.2) is 59.5 Å². The Morgan fingerprint density at radius 1 is 1.00 bits per heavy atom. The minimum atomic E-state index is -0.357. The van der Waals surface area contributed by atoms with Crippen LogP contribution in [-0.2, 0) is 6.54 Å². The van der Waals surface area contributed by atoms with E-state index >= 15 is 0 Å². The van der Waals surface area contributed by atoms with Gasteiger partial charge in [0.05, 0.1) is 23.8 Å². The summed E-state index contributed by atoms with van der Waals surface area (Å²) < 4.78 is 16.9. The van der Waals surface area contributed by atoms with Crippen molar-refractivity contribution in [1.82, 2.24) is 24.4 Å². The summed E-state index contributed by atoms with van der Waals surface area (Å²) in [5.74, 6) is -0.539. The van der Waals surface area contributed by atoms with Crippen LogP contribution in [0.5, 0.6) is 0 Å². The first-order chi connectivity index (χ1) is 16.1. The molecule has 5 rings (SSSR count). The van der Waals surface area contributed by atoms with Gasteiger partial charge in [0.15, 0.2) is 0 Å². The van der Waals surface area contributed by atoms with Gasteiger partial charge in [-0.3, -0.25) is 9.59 Å².